The molecule has 0 fully saturated rings. The van der Waals surface area contributed by atoms with Gasteiger partial charge in [-0.1, -0.05) is 24.3 Å². The summed E-state index contributed by atoms with van der Waals surface area (Å²) in [5.41, 5.74) is 1.73. The minimum atomic E-state index is -3.33. The van der Waals surface area contributed by atoms with Crippen LogP contribution in [0.5, 0.6) is 0 Å². The normalized spacial score (nSPS) is 11.6. The minimum absolute atomic E-state index is 0.0420. The molecule has 0 saturated heterocycles. The number of aliphatic hydroxyl groups excluding tert-OH is 1. The van der Waals surface area contributed by atoms with E-state index in [0.29, 0.717) is 0 Å². The van der Waals surface area contributed by atoms with Crippen LogP contribution >= 0.6 is 0 Å². The Hall–Kier alpha value is -0.910. The topological polar surface area (TPSA) is 66.4 Å². The van der Waals surface area contributed by atoms with E-state index in [4.69, 9.17) is 5.11 Å². The molecule has 84 valence electrons. The maximum atomic E-state index is 11.5. The molecular formula is C10H15NO3S. The SMILES string of the molecule is Cc1ccccc1CS(=O)(=O)NCCO. The molecule has 0 aromatic heterocycles. The van der Waals surface area contributed by atoms with Gasteiger partial charge in [-0.3, -0.25) is 0 Å². The number of hydrogen-bond acceptors (Lipinski definition) is 3. The molecule has 0 bridgehead atoms. The molecule has 0 saturated carbocycles. The van der Waals surface area contributed by atoms with Gasteiger partial charge in [0.25, 0.3) is 0 Å². The van der Waals surface area contributed by atoms with Crippen LogP contribution in [-0.4, -0.2) is 26.7 Å². The van der Waals surface area contributed by atoms with E-state index < -0.39 is 10.0 Å². The van der Waals surface area contributed by atoms with Gasteiger partial charge in [-0.25, -0.2) is 13.1 Å². The standard InChI is InChI=1S/C10H15NO3S/c1-9-4-2-3-5-10(9)8-15(13,14)11-6-7-12/h2-5,11-12H,6-8H2,1H3. The van der Waals surface area contributed by atoms with Crippen molar-refractivity contribution < 1.29 is 13.5 Å². The van der Waals surface area contributed by atoms with Crippen LogP contribution < -0.4 is 4.72 Å². The molecule has 4 nitrogen and oxygen atoms in total. The number of nitrogens with one attached hydrogen (secondary N) is 1. The van der Waals surface area contributed by atoms with E-state index in [2.05, 4.69) is 4.72 Å². The Kier molecular flexibility index (Phi) is 4.26. The highest BCUT2D eigenvalue weighted by Gasteiger charge is 2.11. The van der Waals surface area contributed by atoms with Crippen molar-refractivity contribution in [2.45, 2.75) is 12.7 Å². The summed E-state index contributed by atoms with van der Waals surface area (Å²) in [6.45, 7) is 1.75. The van der Waals surface area contributed by atoms with Crippen LogP contribution in [0, 0.1) is 6.92 Å². The van der Waals surface area contributed by atoms with Gasteiger partial charge in [0.05, 0.1) is 12.4 Å². The first-order valence-corrected chi connectivity index (χ1v) is 6.33. The molecule has 5 heteroatoms. The molecule has 0 atom stereocenters. The van der Waals surface area contributed by atoms with Crippen molar-refractivity contribution in [3.05, 3.63) is 35.4 Å². The van der Waals surface area contributed by atoms with Crippen molar-refractivity contribution in [1.29, 1.82) is 0 Å². The van der Waals surface area contributed by atoms with E-state index in [9.17, 15) is 8.42 Å². The van der Waals surface area contributed by atoms with Gasteiger partial charge in [0.2, 0.25) is 10.0 Å². The lowest BCUT2D eigenvalue weighted by Gasteiger charge is -2.07. The molecule has 2 N–H and O–H groups in total. The fourth-order valence-electron chi connectivity index (χ4n) is 1.23. The van der Waals surface area contributed by atoms with E-state index in [-0.39, 0.29) is 18.9 Å². The van der Waals surface area contributed by atoms with Crippen molar-refractivity contribution in [2.75, 3.05) is 13.2 Å². The van der Waals surface area contributed by atoms with Gasteiger partial charge in [-0.05, 0) is 18.1 Å². The first-order chi connectivity index (χ1) is 7.05. The predicted molar refractivity (Wildman–Crippen MR) is 58.9 cm³/mol. The highest BCUT2D eigenvalue weighted by atomic mass is 32.2. The molecule has 0 aliphatic carbocycles. The van der Waals surface area contributed by atoms with Gasteiger partial charge in [-0.15, -0.1) is 0 Å². The highest BCUT2D eigenvalue weighted by Crippen LogP contribution is 2.10. The molecule has 0 heterocycles. The Morgan fingerprint density at radius 1 is 1.33 bits per heavy atom. The number of sulfonamides is 1. The van der Waals surface area contributed by atoms with Gasteiger partial charge in [0, 0.05) is 6.54 Å². The number of aryl methyl sites for hydroxylation is 1. The van der Waals surface area contributed by atoms with Gasteiger partial charge >= 0.3 is 0 Å². The Morgan fingerprint density at radius 2 is 2.00 bits per heavy atom. The molecular weight excluding hydrogens is 214 g/mol. The Labute approximate surface area is 90.0 Å². The summed E-state index contributed by atoms with van der Waals surface area (Å²) in [6.07, 6.45) is 0. The molecule has 1 rings (SSSR count). The fraction of sp³-hybridized carbons (Fsp3) is 0.400. The number of rotatable bonds is 5. The molecule has 15 heavy (non-hydrogen) atoms. The largest absolute Gasteiger partial charge is 0.395 e. The zero-order valence-corrected chi connectivity index (χ0v) is 9.42. The van der Waals surface area contributed by atoms with Crippen LogP contribution in [0.4, 0.5) is 0 Å². The Morgan fingerprint density at radius 3 is 2.60 bits per heavy atom. The smallest absolute Gasteiger partial charge is 0.215 e. The zero-order valence-electron chi connectivity index (χ0n) is 8.60. The van der Waals surface area contributed by atoms with Crippen LogP contribution in [0.15, 0.2) is 24.3 Å². The Balaban J connectivity index is 2.74. The average molecular weight is 229 g/mol. The van der Waals surface area contributed by atoms with Crippen molar-refractivity contribution >= 4 is 10.0 Å². The van der Waals surface area contributed by atoms with Crippen molar-refractivity contribution in [3.63, 3.8) is 0 Å². The lowest BCUT2D eigenvalue weighted by atomic mass is 10.1. The highest BCUT2D eigenvalue weighted by molar-refractivity contribution is 7.88. The lowest BCUT2D eigenvalue weighted by molar-refractivity contribution is 0.301. The molecule has 0 amide bonds. The summed E-state index contributed by atoms with van der Waals surface area (Å²) in [6, 6.07) is 7.33. The van der Waals surface area contributed by atoms with Gasteiger partial charge in [-0.2, -0.15) is 0 Å². The summed E-state index contributed by atoms with van der Waals surface area (Å²) in [4.78, 5) is 0. The van der Waals surface area contributed by atoms with E-state index in [0.717, 1.165) is 11.1 Å². The van der Waals surface area contributed by atoms with Crippen LogP contribution in [0.2, 0.25) is 0 Å². The van der Waals surface area contributed by atoms with E-state index in [1.54, 1.807) is 6.07 Å². The van der Waals surface area contributed by atoms with Crippen LogP contribution in [0.3, 0.4) is 0 Å². The Bertz CT molecular complexity index is 414. The quantitative estimate of drug-likeness (QED) is 0.768. The number of benzene rings is 1. The molecule has 1 aromatic carbocycles. The molecule has 1 aromatic rings. The molecule has 0 unspecified atom stereocenters. The third-order valence-electron chi connectivity index (χ3n) is 2.04. The second-order valence-corrected chi connectivity index (χ2v) is 5.11. The summed E-state index contributed by atoms with van der Waals surface area (Å²) in [7, 11) is -3.33. The van der Waals surface area contributed by atoms with Gasteiger partial charge < -0.3 is 5.11 Å². The molecule has 0 spiro atoms. The van der Waals surface area contributed by atoms with Crippen LogP contribution in [-0.2, 0) is 15.8 Å². The van der Waals surface area contributed by atoms with E-state index in [1.807, 2.05) is 25.1 Å². The zero-order chi connectivity index (χ0) is 11.3. The second-order valence-electron chi connectivity index (χ2n) is 3.30. The monoisotopic (exact) mass is 229 g/mol. The number of aliphatic hydroxyl groups is 1. The first kappa shape index (κ1) is 12.2. The van der Waals surface area contributed by atoms with E-state index in [1.165, 1.54) is 0 Å². The average Bonchev–Trinajstić information content (AvgIpc) is 2.18. The van der Waals surface area contributed by atoms with Crippen molar-refractivity contribution in [3.8, 4) is 0 Å². The lowest BCUT2D eigenvalue weighted by Crippen LogP contribution is -2.28. The van der Waals surface area contributed by atoms with Crippen LogP contribution in [0.1, 0.15) is 11.1 Å². The van der Waals surface area contributed by atoms with Gasteiger partial charge in [0.15, 0.2) is 0 Å². The minimum Gasteiger partial charge on any atom is -0.395 e. The van der Waals surface area contributed by atoms with Gasteiger partial charge in [0.1, 0.15) is 0 Å². The van der Waals surface area contributed by atoms with Crippen LogP contribution in [0.25, 0.3) is 0 Å². The van der Waals surface area contributed by atoms with Crippen molar-refractivity contribution in [2.24, 2.45) is 0 Å². The van der Waals surface area contributed by atoms with Crippen molar-refractivity contribution in [1.82, 2.24) is 4.72 Å². The second kappa shape index (κ2) is 5.25. The molecule has 0 aliphatic rings. The molecule has 0 aliphatic heterocycles. The summed E-state index contributed by atoms with van der Waals surface area (Å²) in [5.74, 6) is -0.0420. The molecule has 0 radical (unpaired) electrons. The summed E-state index contributed by atoms with van der Waals surface area (Å²) < 4.78 is 25.3. The van der Waals surface area contributed by atoms with E-state index >= 15 is 0 Å². The number of hydrogen-bond donors (Lipinski definition) is 2. The summed E-state index contributed by atoms with van der Waals surface area (Å²) >= 11 is 0. The first-order valence-electron chi connectivity index (χ1n) is 4.68. The maximum Gasteiger partial charge on any atom is 0.215 e. The summed E-state index contributed by atoms with van der Waals surface area (Å²) in [5, 5.41) is 8.52. The maximum absolute atomic E-state index is 11.5. The third-order valence-corrected chi connectivity index (χ3v) is 3.38. The fourth-order valence-corrected chi connectivity index (χ4v) is 2.47. The third kappa shape index (κ3) is 3.99. The predicted octanol–water partition coefficient (Wildman–Crippen LogP) is 0.407.